The van der Waals surface area contributed by atoms with Gasteiger partial charge in [-0.15, -0.1) is 11.6 Å². The van der Waals surface area contributed by atoms with E-state index in [1.54, 1.807) is 0 Å². The Balaban J connectivity index is 2.36. The van der Waals surface area contributed by atoms with Crippen LogP contribution < -0.4 is 0 Å². The first-order chi connectivity index (χ1) is 8.02. The maximum atomic E-state index is 5.80. The SMILES string of the molecule is CC(C)(C)c1ccc(-c2ocnc2CCl)cc1. The fourth-order valence-corrected chi connectivity index (χ4v) is 1.91. The summed E-state index contributed by atoms with van der Waals surface area (Å²) < 4.78 is 5.37. The fourth-order valence-electron chi connectivity index (χ4n) is 1.72. The van der Waals surface area contributed by atoms with Gasteiger partial charge >= 0.3 is 0 Å². The van der Waals surface area contributed by atoms with Crippen molar-refractivity contribution in [2.45, 2.75) is 32.1 Å². The first-order valence-corrected chi connectivity index (χ1v) is 6.15. The van der Waals surface area contributed by atoms with Gasteiger partial charge < -0.3 is 4.42 Å². The van der Waals surface area contributed by atoms with Crippen LogP contribution in [-0.2, 0) is 11.3 Å². The summed E-state index contributed by atoms with van der Waals surface area (Å²) >= 11 is 5.80. The summed E-state index contributed by atoms with van der Waals surface area (Å²) in [4.78, 5) is 4.08. The third-order valence-corrected chi connectivity index (χ3v) is 3.03. The van der Waals surface area contributed by atoms with Crippen molar-refractivity contribution < 1.29 is 4.42 Å². The number of hydrogen-bond donors (Lipinski definition) is 0. The highest BCUT2D eigenvalue weighted by atomic mass is 35.5. The van der Waals surface area contributed by atoms with E-state index in [1.165, 1.54) is 12.0 Å². The van der Waals surface area contributed by atoms with E-state index in [2.05, 4.69) is 50.0 Å². The van der Waals surface area contributed by atoms with Crippen LogP contribution in [0.4, 0.5) is 0 Å². The second-order valence-corrected chi connectivity index (χ2v) is 5.36. The zero-order chi connectivity index (χ0) is 12.5. The first-order valence-electron chi connectivity index (χ1n) is 5.61. The molecule has 0 unspecified atom stereocenters. The highest BCUT2D eigenvalue weighted by molar-refractivity contribution is 6.17. The molecule has 0 radical (unpaired) electrons. The minimum Gasteiger partial charge on any atom is -0.443 e. The summed E-state index contributed by atoms with van der Waals surface area (Å²) in [5.74, 6) is 1.13. The maximum Gasteiger partial charge on any atom is 0.181 e. The van der Waals surface area contributed by atoms with Gasteiger partial charge in [-0.2, -0.15) is 0 Å². The molecule has 0 aliphatic rings. The fraction of sp³-hybridized carbons (Fsp3) is 0.357. The number of halogens is 1. The van der Waals surface area contributed by atoms with Gasteiger partial charge in [0.25, 0.3) is 0 Å². The lowest BCUT2D eigenvalue weighted by molar-refractivity contribution is 0.570. The summed E-state index contributed by atoms with van der Waals surface area (Å²) in [5.41, 5.74) is 3.27. The Kier molecular flexibility index (Phi) is 3.25. The van der Waals surface area contributed by atoms with Crippen LogP contribution in [0.3, 0.4) is 0 Å². The molecule has 1 aromatic carbocycles. The van der Waals surface area contributed by atoms with Crippen molar-refractivity contribution in [2.75, 3.05) is 0 Å². The molecule has 1 heterocycles. The number of rotatable bonds is 2. The van der Waals surface area contributed by atoms with Crippen LogP contribution in [0, 0.1) is 0 Å². The van der Waals surface area contributed by atoms with Gasteiger partial charge in [0.05, 0.1) is 5.88 Å². The van der Waals surface area contributed by atoms with Gasteiger partial charge in [-0.1, -0.05) is 45.0 Å². The lowest BCUT2D eigenvalue weighted by atomic mass is 9.86. The van der Waals surface area contributed by atoms with Crippen molar-refractivity contribution >= 4 is 11.6 Å². The molecule has 2 aromatic rings. The van der Waals surface area contributed by atoms with Crippen LogP contribution in [0.25, 0.3) is 11.3 Å². The molecular weight excluding hydrogens is 234 g/mol. The van der Waals surface area contributed by atoms with Gasteiger partial charge in [0, 0.05) is 5.56 Å². The molecule has 0 atom stereocenters. The zero-order valence-corrected chi connectivity index (χ0v) is 11.1. The Hall–Kier alpha value is -1.28. The van der Waals surface area contributed by atoms with Crippen LogP contribution in [0.2, 0.25) is 0 Å². The topological polar surface area (TPSA) is 26.0 Å². The summed E-state index contributed by atoms with van der Waals surface area (Å²) in [7, 11) is 0. The summed E-state index contributed by atoms with van der Waals surface area (Å²) in [5, 5.41) is 0. The van der Waals surface area contributed by atoms with Crippen LogP contribution >= 0.6 is 11.6 Å². The maximum absolute atomic E-state index is 5.80. The molecule has 0 saturated carbocycles. The summed E-state index contributed by atoms with van der Waals surface area (Å²) in [6.45, 7) is 6.59. The van der Waals surface area contributed by atoms with Gasteiger partial charge in [-0.25, -0.2) is 4.98 Å². The Labute approximate surface area is 107 Å². The Morgan fingerprint density at radius 3 is 2.35 bits per heavy atom. The number of aromatic nitrogens is 1. The van der Waals surface area contributed by atoms with Crippen LogP contribution in [0.1, 0.15) is 32.0 Å². The lowest BCUT2D eigenvalue weighted by Gasteiger charge is -2.18. The zero-order valence-electron chi connectivity index (χ0n) is 10.3. The molecule has 2 rings (SSSR count). The minimum absolute atomic E-state index is 0.162. The number of oxazole rings is 1. The van der Waals surface area contributed by atoms with Gasteiger partial charge in [0.2, 0.25) is 0 Å². The average Bonchev–Trinajstić information content (AvgIpc) is 2.76. The highest BCUT2D eigenvalue weighted by Crippen LogP contribution is 2.28. The van der Waals surface area contributed by atoms with Gasteiger partial charge in [0.15, 0.2) is 12.2 Å². The molecule has 1 aromatic heterocycles. The number of nitrogens with zero attached hydrogens (tertiary/aromatic N) is 1. The van der Waals surface area contributed by atoms with E-state index in [1.807, 2.05) is 0 Å². The Morgan fingerprint density at radius 1 is 1.18 bits per heavy atom. The molecule has 0 amide bonds. The quantitative estimate of drug-likeness (QED) is 0.739. The largest absolute Gasteiger partial charge is 0.443 e. The van der Waals surface area contributed by atoms with Crippen molar-refractivity contribution in [2.24, 2.45) is 0 Å². The average molecular weight is 250 g/mol. The predicted molar refractivity (Wildman–Crippen MR) is 70.2 cm³/mol. The third kappa shape index (κ3) is 2.52. The standard InChI is InChI=1S/C14H16ClNO/c1-14(2,3)11-6-4-10(5-7-11)13-12(8-15)16-9-17-13/h4-7,9H,8H2,1-3H3. The third-order valence-electron chi connectivity index (χ3n) is 2.78. The second kappa shape index (κ2) is 4.53. The molecule has 0 bridgehead atoms. The Morgan fingerprint density at radius 2 is 1.82 bits per heavy atom. The number of hydrogen-bond acceptors (Lipinski definition) is 2. The normalized spacial score (nSPS) is 11.8. The van der Waals surface area contributed by atoms with Crippen molar-refractivity contribution in [3.05, 3.63) is 41.9 Å². The van der Waals surface area contributed by atoms with E-state index in [4.69, 9.17) is 16.0 Å². The van der Waals surface area contributed by atoms with E-state index in [-0.39, 0.29) is 5.41 Å². The van der Waals surface area contributed by atoms with Crippen molar-refractivity contribution in [3.63, 3.8) is 0 Å². The molecule has 0 N–H and O–H groups in total. The second-order valence-electron chi connectivity index (χ2n) is 5.09. The van der Waals surface area contributed by atoms with E-state index >= 15 is 0 Å². The molecule has 0 fully saturated rings. The minimum atomic E-state index is 0.162. The number of alkyl halides is 1. The Bertz CT molecular complexity index is 494. The van der Waals surface area contributed by atoms with Crippen molar-refractivity contribution in [3.8, 4) is 11.3 Å². The van der Waals surface area contributed by atoms with Gasteiger partial charge in [0.1, 0.15) is 5.69 Å². The van der Waals surface area contributed by atoms with Gasteiger partial charge in [-0.3, -0.25) is 0 Å². The monoisotopic (exact) mass is 249 g/mol. The predicted octanol–water partition coefficient (Wildman–Crippen LogP) is 4.38. The van der Waals surface area contributed by atoms with Crippen LogP contribution in [-0.4, -0.2) is 4.98 Å². The molecule has 0 aliphatic carbocycles. The lowest BCUT2D eigenvalue weighted by Crippen LogP contribution is -2.10. The summed E-state index contributed by atoms with van der Waals surface area (Å²) in [6, 6.07) is 8.35. The molecule has 3 heteroatoms. The van der Waals surface area contributed by atoms with E-state index in [0.717, 1.165) is 17.0 Å². The molecule has 90 valence electrons. The van der Waals surface area contributed by atoms with E-state index in [9.17, 15) is 0 Å². The molecule has 0 aliphatic heterocycles. The molecule has 0 saturated heterocycles. The van der Waals surface area contributed by atoms with Gasteiger partial charge in [-0.05, 0) is 11.0 Å². The molecular formula is C14H16ClNO. The summed E-state index contributed by atoms with van der Waals surface area (Å²) in [6.07, 6.45) is 1.44. The first kappa shape index (κ1) is 12.2. The number of benzene rings is 1. The van der Waals surface area contributed by atoms with E-state index in [0.29, 0.717) is 5.88 Å². The van der Waals surface area contributed by atoms with Crippen LogP contribution in [0.15, 0.2) is 35.1 Å². The molecule has 0 spiro atoms. The molecule has 17 heavy (non-hydrogen) atoms. The molecule has 2 nitrogen and oxygen atoms in total. The van der Waals surface area contributed by atoms with Crippen LogP contribution in [0.5, 0.6) is 0 Å². The highest BCUT2D eigenvalue weighted by Gasteiger charge is 2.15. The van der Waals surface area contributed by atoms with Crippen molar-refractivity contribution in [1.82, 2.24) is 4.98 Å². The smallest absolute Gasteiger partial charge is 0.181 e. The van der Waals surface area contributed by atoms with E-state index < -0.39 is 0 Å². The van der Waals surface area contributed by atoms with Crippen molar-refractivity contribution in [1.29, 1.82) is 0 Å².